The van der Waals surface area contributed by atoms with E-state index in [4.69, 9.17) is 9.47 Å². The van der Waals surface area contributed by atoms with E-state index in [2.05, 4.69) is 15.5 Å². The summed E-state index contributed by atoms with van der Waals surface area (Å²) >= 11 is 0. The maximum atomic E-state index is 13.3. The van der Waals surface area contributed by atoms with Gasteiger partial charge in [-0.15, -0.1) is 0 Å². The highest BCUT2D eigenvalue weighted by molar-refractivity contribution is 7.89. The Kier molecular flexibility index (Phi) is 5.78. The van der Waals surface area contributed by atoms with E-state index in [1.165, 1.54) is 10.5 Å². The van der Waals surface area contributed by atoms with E-state index in [-0.39, 0.29) is 23.7 Å². The molecular weight excluding hydrogens is 372 g/mol. The van der Waals surface area contributed by atoms with Gasteiger partial charge in [0.05, 0.1) is 26.0 Å². The molecular formula is C17H22N4O5S. The van der Waals surface area contributed by atoms with Crippen LogP contribution in [0.25, 0.3) is 0 Å². The molecule has 2 N–H and O–H groups in total. The fourth-order valence-electron chi connectivity index (χ4n) is 3.12. The number of piperazine rings is 1. The fraction of sp³-hybridized carbons (Fsp3) is 0.412. The summed E-state index contributed by atoms with van der Waals surface area (Å²) in [5.41, 5.74) is 0.641. The van der Waals surface area contributed by atoms with Gasteiger partial charge in [-0.2, -0.15) is 9.40 Å². The predicted molar refractivity (Wildman–Crippen MR) is 97.0 cm³/mol. The quantitative estimate of drug-likeness (QED) is 0.701. The van der Waals surface area contributed by atoms with Crippen molar-refractivity contribution in [3.63, 3.8) is 0 Å². The van der Waals surface area contributed by atoms with Gasteiger partial charge in [-0.25, -0.2) is 13.2 Å². The van der Waals surface area contributed by atoms with Gasteiger partial charge in [-0.1, -0.05) is 18.2 Å². The van der Waals surface area contributed by atoms with E-state index >= 15 is 0 Å². The van der Waals surface area contributed by atoms with Gasteiger partial charge in [-0.05, 0) is 13.0 Å². The van der Waals surface area contributed by atoms with Crippen molar-refractivity contribution >= 4 is 16.0 Å². The molecule has 1 aromatic carbocycles. The van der Waals surface area contributed by atoms with Crippen molar-refractivity contribution in [3.05, 3.63) is 41.6 Å². The van der Waals surface area contributed by atoms with Crippen molar-refractivity contribution in [2.24, 2.45) is 0 Å². The van der Waals surface area contributed by atoms with Gasteiger partial charge in [0.25, 0.3) is 10.0 Å². The highest BCUT2D eigenvalue weighted by Gasteiger charge is 2.39. The minimum atomic E-state index is -4.02. The molecule has 9 nitrogen and oxygen atoms in total. The number of rotatable bonds is 6. The first-order valence-corrected chi connectivity index (χ1v) is 10.0. The number of aromatic amines is 1. The number of para-hydroxylation sites is 1. The topological polar surface area (TPSA) is 114 Å². The zero-order valence-electron chi connectivity index (χ0n) is 15.1. The van der Waals surface area contributed by atoms with E-state index in [0.29, 0.717) is 18.8 Å². The number of esters is 1. The zero-order valence-corrected chi connectivity index (χ0v) is 16.0. The number of ether oxygens (including phenoxy) is 2. The van der Waals surface area contributed by atoms with Crippen molar-refractivity contribution in [2.45, 2.75) is 18.0 Å². The van der Waals surface area contributed by atoms with E-state index in [1.54, 1.807) is 20.1 Å². The number of aromatic nitrogens is 2. The second-order valence-corrected chi connectivity index (χ2v) is 7.74. The number of carbonyl (C=O) groups is 1. The van der Waals surface area contributed by atoms with Crippen LogP contribution in [0.2, 0.25) is 0 Å². The number of nitrogens with one attached hydrogen (secondary N) is 2. The molecule has 0 radical (unpaired) electrons. The summed E-state index contributed by atoms with van der Waals surface area (Å²) in [6.45, 7) is 2.95. The maximum Gasteiger partial charge on any atom is 0.342 e. The Morgan fingerprint density at radius 3 is 2.89 bits per heavy atom. The monoisotopic (exact) mass is 394 g/mol. The Labute approximate surface area is 157 Å². The van der Waals surface area contributed by atoms with Crippen LogP contribution in [0.15, 0.2) is 35.5 Å². The van der Waals surface area contributed by atoms with Crippen LogP contribution in [0, 0.1) is 0 Å². The third kappa shape index (κ3) is 3.68. The molecule has 0 saturated carbocycles. The van der Waals surface area contributed by atoms with Gasteiger partial charge in [0.15, 0.2) is 5.03 Å². The van der Waals surface area contributed by atoms with Crippen LogP contribution in [0.4, 0.5) is 0 Å². The molecule has 1 saturated heterocycles. The molecule has 2 aromatic rings. The minimum Gasteiger partial charge on any atom is -0.496 e. The summed E-state index contributed by atoms with van der Waals surface area (Å²) in [7, 11) is -2.47. The van der Waals surface area contributed by atoms with Crippen molar-refractivity contribution in [2.75, 3.05) is 33.4 Å². The van der Waals surface area contributed by atoms with Gasteiger partial charge in [-0.3, -0.25) is 5.10 Å². The lowest BCUT2D eigenvalue weighted by Gasteiger charge is -2.35. The predicted octanol–water partition coefficient (Wildman–Crippen LogP) is 0.930. The Morgan fingerprint density at radius 1 is 1.37 bits per heavy atom. The summed E-state index contributed by atoms with van der Waals surface area (Å²) in [5, 5.41) is 9.15. The van der Waals surface area contributed by atoms with Gasteiger partial charge >= 0.3 is 5.97 Å². The molecule has 27 heavy (non-hydrogen) atoms. The molecule has 3 rings (SSSR count). The highest BCUT2D eigenvalue weighted by atomic mass is 32.2. The molecule has 1 aromatic heterocycles. The average Bonchev–Trinajstić information content (AvgIpc) is 3.19. The summed E-state index contributed by atoms with van der Waals surface area (Å²) in [5.74, 6) is -0.129. The number of H-pyrrole nitrogens is 1. The normalized spacial score (nSPS) is 18.2. The van der Waals surface area contributed by atoms with E-state index in [1.807, 2.05) is 18.2 Å². The fourth-order valence-corrected chi connectivity index (χ4v) is 4.79. The summed E-state index contributed by atoms with van der Waals surface area (Å²) < 4.78 is 38.4. The lowest BCUT2D eigenvalue weighted by atomic mass is 10.0. The lowest BCUT2D eigenvalue weighted by Crippen LogP contribution is -2.49. The van der Waals surface area contributed by atoms with Crippen LogP contribution >= 0.6 is 0 Å². The molecule has 0 aliphatic carbocycles. The molecule has 2 heterocycles. The number of nitrogens with zero attached hydrogens (tertiary/aromatic N) is 2. The summed E-state index contributed by atoms with van der Waals surface area (Å²) in [4.78, 5) is 12.1. The van der Waals surface area contributed by atoms with Crippen LogP contribution in [-0.4, -0.2) is 62.2 Å². The Bertz CT molecular complexity index is 912. The summed E-state index contributed by atoms with van der Waals surface area (Å²) in [6.07, 6.45) is 1.17. The van der Waals surface area contributed by atoms with Crippen LogP contribution in [0.1, 0.15) is 28.9 Å². The van der Waals surface area contributed by atoms with Crippen molar-refractivity contribution < 1.29 is 22.7 Å². The van der Waals surface area contributed by atoms with Gasteiger partial charge in [0.2, 0.25) is 0 Å². The summed E-state index contributed by atoms with van der Waals surface area (Å²) in [6, 6.07) is 6.79. The Balaban J connectivity index is 2.02. The number of sulfonamides is 1. The molecule has 0 spiro atoms. The second kappa shape index (κ2) is 8.07. The average molecular weight is 394 g/mol. The number of methoxy groups -OCH3 is 1. The molecule has 1 atom stereocenters. The van der Waals surface area contributed by atoms with E-state index < -0.39 is 22.0 Å². The smallest absolute Gasteiger partial charge is 0.342 e. The molecule has 10 heteroatoms. The molecule has 1 aliphatic heterocycles. The lowest BCUT2D eigenvalue weighted by molar-refractivity contribution is 0.0521. The first-order chi connectivity index (χ1) is 13.0. The Morgan fingerprint density at radius 2 is 2.15 bits per heavy atom. The van der Waals surface area contributed by atoms with Crippen LogP contribution < -0.4 is 10.1 Å². The highest BCUT2D eigenvalue weighted by Crippen LogP contribution is 2.34. The molecule has 146 valence electrons. The SMILES string of the molecule is CCOC(=O)c1cn[nH]c1S(=O)(=O)N1CCNCC1c1ccccc1OC. The van der Waals surface area contributed by atoms with Crippen molar-refractivity contribution in [1.29, 1.82) is 0 Å². The van der Waals surface area contributed by atoms with Crippen molar-refractivity contribution in [3.8, 4) is 5.75 Å². The molecule has 0 bridgehead atoms. The number of hydrogen-bond acceptors (Lipinski definition) is 7. The molecule has 1 unspecified atom stereocenters. The van der Waals surface area contributed by atoms with Gasteiger partial charge < -0.3 is 14.8 Å². The largest absolute Gasteiger partial charge is 0.496 e. The van der Waals surface area contributed by atoms with Crippen LogP contribution in [0.3, 0.4) is 0 Å². The second-order valence-electron chi connectivity index (χ2n) is 5.91. The number of benzene rings is 1. The third-order valence-electron chi connectivity index (χ3n) is 4.36. The van der Waals surface area contributed by atoms with Gasteiger partial charge in [0, 0.05) is 25.2 Å². The maximum absolute atomic E-state index is 13.3. The molecule has 1 fully saturated rings. The first-order valence-electron chi connectivity index (χ1n) is 8.56. The third-order valence-corrected chi connectivity index (χ3v) is 6.24. The standard InChI is InChI=1S/C17H22N4O5S/c1-3-26-17(22)13-10-19-20-16(13)27(23,24)21-9-8-18-11-14(21)12-6-4-5-7-15(12)25-2/h4-7,10,14,18H,3,8-9,11H2,1-2H3,(H,19,20). The van der Waals surface area contributed by atoms with Crippen LogP contribution in [0.5, 0.6) is 5.75 Å². The van der Waals surface area contributed by atoms with Gasteiger partial charge in [0.1, 0.15) is 11.3 Å². The van der Waals surface area contributed by atoms with Crippen molar-refractivity contribution in [1.82, 2.24) is 19.8 Å². The minimum absolute atomic E-state index is 0.103. The molecule has 1 aliphatic rings. The van der Waals surface area contributed by atoms with E-state index in [9.17, 15) is 13.2 Å². The number of hydrogen-bond donors (Lipinski definition) is 2. The van der Waals surface area contributed by atoms with E-state index in [0.717, 1.165) is 5.56 Å². The first kappa shape index (κ1) is 19.3. The Hall–Kier alpha value is -2.43. The number of carbonyl (C=O) groups excluding carboxylic acids is 1. The molecule has 0 amide bonds. The van der Waals surface area contributed by atoms with Crippen LogP contribution in [-0.2, 0) is 14.8 Å². The zero-order chi connectivity index (χ0) is 19.4.